The van der Waals surface area contributed by atoms with Crippen molar-refractivity contribution >= 4 is 11.8 Å². The highest BCUT2D eigenvalue weighted by atomic mass is 16.5. The molecule has 10 nitrogen and oxygen atoms in total. The van der Waals surface area contributed by atoms with Crippen LogP contribution in [0.15, 0.2) is 24.4 Å². The molecule has 4 N–H and O–H groups in total. The zero-order valence-electron chi connectivity index (χ0n) is 24.1. The van der Waals surface area contributed by atoms with Gasteiger partial charge in [-0.1, -0.05) is 19.4 Å². The summed E-state index contributed by atoms with van der Waals surface area (Å²) >= 11 is 0. The maximum absolute atomic E-state index is 12.8. The number of unbranched alkanes of at least 4 members (excludes halogenated alkanes) is 1. The zero-order chi connectivity index (χ0) is 28.2. The fourth-order valence-corrected chi connectivity index (χ4v) is 5.28. The molecule has 1 fully saturated rings. The third-order valence-electron chi connectivity index (χ3n) is 7.59. The van der Waals surface area contributed by atoms with E-state index in [0.29, 0.717) is 50.4 Å². The van der Waals surface area contributed by atoms with Crippen molar-refractivity contribution in [1.29, 1.82) is 0 Å². The number of rotatable bonds is 6. The van der Waals surface area contributed by atoms with Gasteiger partial charge in [-0.3, -0.25) is 14.5 Å². The first-order valence-electron chi connectivity index (χ1n) is 14.9. The highest BCUT2D eigenvalue weighted by Gasteiger charge is 2.31. The number of amides is 2. The molecule has 5 rings (SSSR count). The molecule has 2 aromatic rings. The minimum atomic E-state index is -0.259. The normalized spacial score (nSPS) is 22.1. The Hall–Kier alpha value is -3.11. The highest BCUT2D eigenvalue weighted by Crippen LogP contribution is 2.30. The number of fused-ring (bicyclic) bond motifs is 15. The van der Waals surface area contributed by atoms with Crippen LogP contribution >= 0.6 is 0 Å². The van der Waals surface area contributed by atoms with Crippen molar-refractivity contribution in [1.82, 2.24) is 30.8 Å². The Morgan fingerprint density at radius 3 is 2.80 bits per heavy atom. The Bertz CT molecular complexity index is 1090. The van der Waals surface area contributed by atoms with E-state index in [9.17, 15) is 9.59 Å². The van der Waals surface area contributed by atoms with Gasteiger partial charge < -0.3 is 30.4 Å². The van der Waals surface area contributed by atoms with Crippen LogP contribution in [0.4, 0.5) is 0 Å². The van der Waals surface area contributed by atoms with Crippen molar-refractivity contribution in [3.8, 4) is 11.5 Å². The number of ether oxygens (including phenoxy) is 2. The molecule has 0 spiro atoms. The summed E-state index contributed by atoms with van der Waals surface area (Å²) in [6.45, 7) is 6.67. The fourth-order valence-electron chi connectivity index (χ4n) is 5.28. The summed E-state index contributed by atoms with van der Waals surface area (Å²) in [6.07, 6.45) is 9.49. The molecule has 3 aliphatic rings. The summed E-state index contributed by atoms with van der Waals surface area (Å²) in [6, 6.07) is 5.55. The van der Waals surface area contributed by atoms with Crippen LogP contribution in [0.3, 0.4) is 0 Å². The van der Waals surface area contributed by atoms with E-state index in [-0.39, 0.29) is 24.0 Å². The van der Waals surface area contributed by atoms with Gasteiger partial charge in [-0.25, -0.2) is 4.98 Å². The van der Waals surface area contributed by atoms with E-state index in [1.807, 2.05) is 24.4 Å². The fraction of sp³-hybridized carbons (Fsp3) is 0.633. The Morgan fingerprint density at radius 1 is 1.10 bits per heavy atom. The molecular weight excluding hydrogens is 508 g/mol. The molecule has 10 heteroatoms. The monoisotopic (exact) mass is 554 g/mol. The number of aryl methyl sites for hydroxylation is 2. The average Bonchev–Trinajstić information content (AvgIpc) is 3.62. The van der Waals surface area contributed by atoms with Gasteiger partial charge in [0.05, 0.1) is 13.2 Å². The molecule has 0 unspecified atom stereocenters. The van der Waals surface area contributed by atoms with E-state index in [2.05, 4.69) is 37.7 Å². The number of nitrogens with zero attached hydrogens (tertiary/aromatic N) is 2. The Kier molecular flexibility index (Phi) is 11.7. The molecule has 0 radical (unpaired) electrons. The number of carbonyl (C=O) groups excluding carboxylic acids is 2. The number of carbonyl (C=O) groups is 2. The second-order valence-corrected chi connectivity index (χ2v) is 10.9. The summed E-state index contributed by atoms with van der Waals surface area (Å²) in [7, 11) is 1.62. The molecular formula is C30H46N6O4. The van der Waals surface area contributed by atoms with Gasteiger partial charge in [0, 0.05) is 63.9 Å². The van der Waals surface area contributed by atoms with Crippen molar-refractivity contribution < 1.29 is 19.1 Å². The van der Waals surface area contributed by atoms with Crippen LogP contribution in [-0.2, 0) is 29.0 Å². The lowest BCUT2D eigenvalue weighted by Gasteiger charge is -2.22. The first-order valence-corrected chi connectivity index (χ1v) is 14.9. The van der Waals surface area contributed by atoms with Crippen molar-refractivity contribution in [2.75, 3.05) is 39.8 Å². The van der Waals surface area contributed by atoms with E-state index >= 15 is 0 Å². The van der Waals surface area contributed by atoms with Gasteiger partial charge in [-0.2, -0.15) is 0 Å². The van der Waals surface area contributed by atoms with Crippen molar-refractivity contribution in [2.24, 2.45) is 0 Å². The van der Waals surface area contributed by atoms with Gasteiger partial charge >= 0.3 is 0 Å². The molecule has 1 aromatic heterocycles. The van der Waals surface area contributed by atoms with Crippen molar-refractivity contribution in [3.63, 3.8) is 0 Å². The van der Waals surface area contributed by atoms with Crippen molar-refractivity contribution in [2.45, 2.75) is 83.4 Å². The van der Waals surface area contributed by atoms with Crippen LogP contribution in [0, 0.1) is 0 Å². The predicted octanol–water partition coefficient (Wildman–Crippen LogP) is 2.72. The zero-order valence-corrected chi connectivity index (χ0v) is 24.1. The van der Waals surface area contributed by atoms with E-state index in [4.69, 9.17) is 9.47 Å². The number of hydrogen-bond acceptors (Lipinski definition) is 7. The lowest BCUT2D eigenvalue weighted by Crippen LogP contribution is -2.40. The highest BCUT2D eigenvalue weighted by molar-refractivity contribution is 5.82. The minimum Gasteiger partial charge on any atom is -0.493 e. The smallest absolute Gasteiger partial charge is 0.237 e. The molecule has 2 amide bonds. The average molecular weight is 555 g/mol. The molecule has 2 atom stereocenters. The molecule has 0 aliphatic carbocycles. The molecule has 4 bridgehead atoms. The Balaban J connectivity index is 1.37. The van der Waals surface area contributed by atoms with Crippen LogP contribution in [0.1, 0.15) is 69.0 Å². The molecule has 3 aliphatic heterocycles. The Labute approximate surface area is 238 Å². The van der Waals surface area contributed by atoms with Crippen LogP contribution in [0.5, 0.6) is 11.5 Å². The van der Waals surface area contributed by atoms with Gasteiger partial charge in [0.1, 0.15) is 11.9 Å². The summed E-state index contributed by atoms with van der Waals surface area (Å²) in [4.78, 5) is 35.7. The number of aromatic amines is 1. The molecule has 0 saturated carbocycles. The number of imidazole rings is 1. The summed E-state index contributed by atoms with van der Waals surface area (Å²) in [5.74, 6) is 2.43. The molecule has 1 saturated heterocycles. The van der Waals surface area contributed by atoms with E-state index in [0.717, 1.165) is 75.2 Å². The summed E-state index contributed by atoms with van der Waals surface area (Å²) in [5, 5.41) is 9.47. The van der Waals surface area contributed by atoms with E-state index in [1.165, 1.54) is 0 Å². The van der Waals surface area contributed by atoms with E-state index < -0.39 is 0 Å². The maximum Gasteiger partial charge on any atom is 0.237 e. The van der Waals surface area contributed by atoms with Crippen molar-refractivity contribution in [3.05, 3.63) is 41.5 Å². The molecule has 220 valence electrons. The topological polar surface area (TPSA) is 121 Å². The number of H-pyrrole nitrogens is 1. The quantitative estimate of drug-likeness (QED) is 0.433. The first-order chi connectivity index (χ1) is 19.5. The second-order valence-electron chi connectivity index (χ2n) is 10.9. The maximum atomic E-state index is 12.8. The van der Waals surface area contributed by atoms with Gasteiger partial charge in [-0.15, -0.1) is 0 Å². The third kappa shape index (κ3) is 9.23. The van der Waals surface area contributed by atoms with Gasteiger partial charge in [0.2, 0.25) is 11.8 Å². The predicted molar refractivity (Wildman–Crippen MR) is 154 cm³/mol. The molecule has 4 heterocycles. The largest absolute Gasteiger partial charge is 0.493 e. The van der Waals surface area contributed by atoms with Gasteiger partial charge in [0.15, 0.2) is 11.5 Å². The number of benzene rings is 1. The first kappa shape index (κ1) is 29.9. The number of methoxy groups -OCH3 is 1. The number of aromatic nitrogens is 2. The Morgan fingerprint density at radius 2 is 1.95 bits per heavy atom. The van der Waals surface area contributed by atoms with Crippen LogP contribution < -0.4 is 25.4 Å². The van der Waals surface area contributed by atoms with Crippen LogP contribution in [0.2, 0.25) is 0 Å². The minimum absolute atomic E-state index is 0.0280. The number of nitrogens with one attached hydrogen (secondary N) is 4. The molecule has 40 heavy (non-hydrogen) atoms. The standard InChI is InChI=1S/C30H46N6O4/c1-3-4-8-28-34-19-23(35-28)21-36-15-6-5-13-32-30(38)25-18-24(20-33-25)40-26-11-9-22(17-27(26)39-2)10-12-29(37)31-14-7-16-36/h9,11,17,19,24-25,33H,3-8,10,12-16,18,20-21H2,1-2H3,(H,31,37)(H,32,38)(H,34,35)/t24-,25-/m0/s1. The van der Waals surface area contributed by atoms with E-state index in [1.54, 1.807) is 7.11 Å². The van der Waals surface area contributed by atoms with Gasteiger partial charge in [-0.05, 0) is 56.3 Å². The van der Waals surface area contributed by atoms with Crippen LogP contribution in [0.25, 0.3) is 0 Å². The second kappa shape index (κ2) is 15.6. The molecule has 1 aromatic carbocycles. The SMILES string of the molecule is CCCCc1ncc(CN2CCCCNC(=O)[C@@H]3C[C@@H](CN3)Oc3ccc(cc3OC)CCC(=O)NCCC2)[nH]1. The third-order valence-corrected chi connectivity index (χ3v) is 7.59. The van der Waals surface area contributed by atoms with Gasteiger partial charge in [0.25, 0.3) is 0 Å². The summed E-state index contributed by atoms with van der Waals surface area (Å²) in [5.41, 5.74) is 2.14. The van der Waals surface area contributed by atoms with Crippen LogP contribution in [-0.4, -0.2) is 78.7 Å². The lowest BCUT2D eigenvalue weighted by molar-refractivity contribution is -0.123. The summed E-state index contributed by atoms with van der Waals surface area (Å²) < 4.78 is 11.7. The number of hydrogen-bond donors (Lipinski definition) is 4. The lowest BCUT2D eigenvalue weighted by atomic mass is 10.1.